The van der Waals surface area contributed by atoms with E-state index in [4.69, 9.17) is 10.5 Å². The van der Waals surface area contributed by atoms with Gasteiger partial charge in [0, 0.05) is 22.6 Å². The van der Waals surface area contributed by atoms with Crippen molar-refractivity contribution in [2.24, 2.45) is 0 Å². The van der Waals surface area contributed by atoms with Crippen LogP contribution in [0.4, 0.5) is 59.7 Å². The fraction of sp³-hybridized carbons (Fsp3) is 0.185. The van der Waals surface area contributed by atoms with Gasteiger partial charge in [-0.25, -0.2) is 8.78 Å². The minimum atomic E-state index is -6.75. The quantitative estimate of drug-likeness (QED) is 0.270. The van der Waals surface area contributed by atoms with Crippen LogP contribution in [-0.2, 0) is 11.8 Å². The van der Waals surface area contributed by atoms with E-state index in [1.54, 1.807) is 17.5 Å². The third-order valence-electron chi connectivity index (χ3n) is 6.14. The second-order valence-corrected chi connectivity index (χ2v) is 9.87. The molecule has 0 fully saturated rings. The lowest BCUT2D eigenvalue weighted by Crippen LogP contribution is -2.50. The Kier molecular flexibility index (Phi) is 9.27. The Hall–Kier alpha value is -4.71. The van der Waals surface area contributed by atoms with E-state index in [0.717, 1.165) is 43.4 Å². The highest BCUT2D eigenvalue weighted by atomic mass is 79.9. The van der Waals surface area contributed by atoms with Crippen LogP contribution in [0.15, 0.2) is 53.0 Å². The Morgan fingerprint density at radius 3 is 1.84 bits per heavy atom. The normalized spacial score (nSPS) is 12.2. The van der Waals surface area contributed by atoms with E-state index in [2.05, 4.69) is 15.9 Å². The molecule has 0 heterocycles. The van der Waals surface area contributed by atoms with Crippen molar-refractivity contribution in [2.75, 3.05) is 17.3 Å². The van der Waals surface area contributed by atoms with Crippen LogP contribution >= 0.6 is 15.9 Å². The van der Waals surface area contributed by atoms with Gasteiger partial charge in [0.15, 0.2) is 5.82 Å². The summed E-state index contributed by atoms with van der Waals surface area (Å²) >= 11 is 2.33. The highest BCUT2D eigenvalue weighted by Gasteiger charge is 2.73. The lowest BCUT2D eigenvalue weighted by atomic mass is 9.92. The molecule has 0 aromatic heterocycles. The molecule has 0 aliphatic rings. The molecule has 0 aliphatic carbocycles. The maximum Gasteiger partial charge on any atom is 0.435 e. The van der Waals surface area contributed by atoms with Crippen LogP contribution in [0.1, 0.15) is 43.0 Å². The van der Waals surface area contributed by atoms with Crippen molar-refractivity contribution in [3.8, 4) is 12.1 Å². The number of anilines is 2. The topological polar surface area (TPSA) is 97.0 Å². The van der Waals surface area contributed by atoms with Crippen molar-refractivity contribution < 1.29 is 57.9 Å². The van der Waals surface area contributed by atoms with Crippen LogP contribution in [0.5, 0.6) is 0 Å². The first-order valence-corrected chi connectivity index (χ1v) is 12.4. The van der Waals surface area contributed by atoms with Gasteiger partial charge < -0.3 is 10.2 Å². The average Bonchev–Trinajstić information content (AvgIpc) is 2.94. The zero-order valence-corrected chi connectivity index (χ0v) is 23.4. The molecule has 6 nitrogen and oxygen atoms in total. The van der Waals surface area contributed by atoms with Gasteiger partial charge in [-0.1, -0.05) is 6.07 Å². The Labute approximate surface area is 253 Å². The second kappa shape index (κ2) is 12.0. The van der Waals surface area contributed by atoms with Crippen LogP contribution < -0.4 is 10.2 Å². The van der Waals surface area contributed by atoms with E-state index in [9.17, 15) is 53.5 Å². The van der Waals surface area contributed by atoms with Crippen molar-refractivity contribution >= 4 is 39.1 Å². The van der Waals surface area contributed by atoms with Gasteiger partial charge in [-0.15, -0.1) is 0 Å². The largest absolute Gasteiger partial charge is 0.435 e. The first-order chi connectivity index (χ1) is 20.6. The highest BCUT2D eigenvalue weighted by molar-refractivity contribution is 9.10. The number of nitrogens with zero attached hydrogens (tertiary/aromatic N) is 3. The summed E-state index contributed by atoms with van der Waals surface area (Å²) in [6.45, 7) is 0. The van der Waals surface area contributed by atoms with Gasteiger partial charge in [-0.3, -0.25) is 9.59 Å². The van der Waals surface area contributed by atoms with Crippen LogP contribution in [-0.4, -0.2) is 31.2 Å². The number of rotatable bonds is 5. The molecule has 0 bridgehead atoms. The van der Waals surface area contributed by atoms with Crippen LogP contribution in [0.2, 0.25) is 0 Å². The lowest BCUT2D eigenvalue weighted by molar-refractivity contribution is -0.348. The van der Waals surface area contributed by atoms with E-state index in [1.807, 2.05) is 0 Å². The summed E-state index contributed by atoms with van der Waals surface area (Å²) in [6.07, 6.45) is -19.3. The van der Waals surface area contributed by atoms with Crippen LogP contribution in [0.25, 0.3) is 0 Å². The van der Waals surface area contributed by atoms with E-state index in [-0.39, 0.29) is 22.8 Å². The summed E-state index contributed by atoms with van der Waals surface area (Å²) in [6, 6.07) is 8.34. The number of carbonyl (C=O) groups excluding carboxylic acids is 2. The van der Waals surface area contributed by atoms with Gasteiger partial charge in [0.1, 0.15) is 0 Å². The molecule has 0 aliphatic heterocycles. The van der Waals surface area contributed by atoms with Crippen LogP contribution in [0.3, 0.4) is 0 Å². The predicted molar refractivity (Wildman–Crippen MR) is 137 cm³/mol. The number of nitriles is 2. The number of hydrogen-bond donors (Lipinski definition) is 1. The molecule has 0 saturated carbocycles. The van der Waals surface area contributed by atoms with E-state index < -0.39 is 80.4 Å². The molecule has 0 unspecified atom stereocenters. The first-order valence-electron chi connectivity index (χ1n) is 11.6. The van der Waals surface area contributed by atoms with Gasteiger partial charge in [-0.2, -0.15) is 50.0 Å². The van der Waals surface area contributed by atoms with E-state index >= 15 is 4.39 Å². The van der Waals surface area contributed by atoms with Gasteiger partial charge in [0.2, 0.25) is 0 Å². The first kappa shape index (κ1) is 34.8. The second-order valence-electron chi connectivity index (χ2n) is 9.01. The Morgan fingerprint density at radius 1 is 0.844 bits per heavy atom. The number of hydrogen-bond acceptors (Lipinski definition) is 4. The van der Waals surface area contributed by atoms with Crippen molar-refractivity contribution in [3.63, 3.8) is 0 Å². The van der Waals surface area contributed by atoms with E-state index in [0.29, 0.717) is 4.90 Å². The molecule has 2 amide bonds. The zero-order valence-electron chi connectivity index (χ0n) is 21.8. The standard InChI is InChI=1S/C27H12BrF11N4O2/c1-43(23(45)14-6-12(10-40)5-13(7-14)11-41)19-4-2-3-16(20(19)29)22(44)42-21-17(25(31,32)33)8-15(9-18(21)28)24(30,26(34,35)36)27(37,38)39/h2-9H,1H3,(H,42,44). The highest BCUT2D eigenvalue weighted by Crippen LogP contribution is 2.55. The third kappa shape index (κ3) is 6.56. The fourth-order valence-corrected chi connectivity index (χ4v) is 4.52. The van der Waals surface area contributed by atoms with Gasteiger partial charge in [-0.05, 0) is 58.4 Å². The monoisotopic (exact) mass is 712 g/mol. The molecule has 45 heavy (non-hydrogen) atoms. The fourth-order valence-electron chi connectivity index (χ4n) is 3.96. The third-order valence-corrected chi connectivity index (χ3v) is 6.77. The Balaban J connectivity index is 2.09. The van der Waals surface area contributed by atoms with Crippen molar-refractivity contribution in [1.82, 2.24) is 0 Å². The Bertz CT molecular complexity index is 1720. The molecular weight excluding hydrogens is 701 g/mol. The number of nitrogens with one attached hydrogen (secondary N) is 1. The van der Waals surface area contributed by atoms with Gasteiger partial charge >= 0.3 is 24.2 Å². The molecule has 3 aromatic rings. The number of benzene rings is 3. The summed E-state index contributed by atoms with van der Waals surface area (Å²) in [4.78, 5) is 26.5. The molecule has 0 radical (unpaired) electrons. The van der Waals surface area contributed by atoms with Crippen molar-refractivity contribution in [3.05, 3.63) is 92.2 Å². The molecule has 0 spiro atoms. The summed E-state index contributed by atoms with van der Waals surface area (Å²) in [5.41, 5.74) is -14.7. The molecule has 3 aromatic carbocycles. The van der Waals surface area contributed by atoms with Crippen molar-refractivity contribution in [2.45, 2.75) is 24.2 Å². The SMILES string of the molecule is CN(C(=O)c1cc(C#N)cc(C#N)c1)c1cccc(C(=O)Nc2c(Br)cc(C(F)(C(F)(F)F)C(F)(F)F)cc2C(F)(F)F)c1F. The lowest BCUT2D eigenvalue weighted by Gasteiger charge is -2.31. The predicted octanol–water partition coefficient (Wildman–Crippen LogP) is 8.17. The van der Waals surface area contributed by atoms with Gasteiger partial charge in [0.25, 0.3) is 11.8 Å². The van der Waals surface area contributed by atoms with E-state index in [1.165, 1.54) is 0 Å². The maximum absolute atomic E-state index is 15.5. The Morgan fingerprint density at radius 2 is 1.38 bits per heavy atom. The van der Waals surface area contributed by atoms with Crippen LogP contribution in [0, 0.1) is 28.5 Å². The van der Waals surface area contributed by atoms with Gasteiger partial charge in [0.05, 0.1) is 45.8 Å². The summed E-state index contributed by atoms with van der Waals surface area (Å²) in [5.74, 6) is -4.21. The smallest absolute Gasteiger partial charge is 0.320 e. The molecule has 1 N–H and O–H groups in total. The number of amides is 2. The maximum atomic E-state index is 15.5. The molecule has 3 rings (SSSR count). The average molecular weight is 713 g/mol. The summed E-state index contributed by atoms with van der Waals surface area (Å²) < 4.78 is 149. The summed E-state index contributed by atoms with van der Waals surface area (Å²) in [7, 11) is 1.01. The molecular formula is C27H12BrF11N4O2. The number of alkyl halides is 10. The summed E-state index contributed by atoms with van der Waals surface area (Å²) in [5, 5.41) is 19.8. The molecule has 236 valence electrons. The molecule has 0 saturated heterocycles. The number of halogens is 12. The number of carbonyl (C=O) groups is 2. The molecule has 0 atom stereocenters. The minimum Gasteiger partial charge on any atom is -0.320 e. The minimum absolute atomic E-state index is 0.105. The molecule has 18 heteroatoms. The van der Waals surface area contributed by atoms with Crippen molar-refractivity contribution in [1.29, 1.82) is 10.5 Å². The zero-order chi connectivity index (χ0) is 34.3.